The predicted octanol–water partition coefficient (Wildman–Crippen LogP) is 3.52. The lowest BCUT2D eigenvalue weighted by atomic mass is 10.1. The molecule has 1 amide bonds. The number of fused-ring (bicyclic) bond motifs is 1. The maximum atomic E-state index is 12.5. The Morgan fingerprint density at radius 1 is 1.08 bits per heavy atom. The Hall–Kier alpha value is -4.18. The number of carbonyl (C=O) groups is 1. The zero-order valence-corrected chi connectivity index (χ0v) is 20.9. The van der Waals surface area contributed by atoms with Crippen LogP contribution < -0.4 is 10.9 Å². The molecule has 10 heteroatoms. The molecule has 1 aliphatic heterocycles. The molecule has 10 nitrogen and oxygen atoms in total. The van der Waals surface area contributed by atoms with Crippen molar-refractivity contribution in [2.24, 2.45) is 0 Å². The van der Waals surface area contributed by atoms with E-state index in [9.17, 15) is 9.90 Å². The average molecular weight is 501 g/mol. The van der Waals surface area contributed by atoms with E-state index < -0.39 is 0 Å². The van der Waals surface area contributed by atoms with Gasteiger partial charge in [-0.05, 0) is 37.8 Å². The number of carbonyl (C=O) groups excluding carboxylic acids is 1. The number of benzene rings is 1. The third-order valence-electron chi connectivity index (χ3n) is 6.39. The van der Waals surface area contributed by atoms with Crippen molar-refractivity contribution >= 4 is 28.2 Å². The lowest BCUT2D eigenvalue weighted by Crippen LogP contribution is -2.45. The van der Waals surface area contributed by atoms with Gasteiger partial charge in [-0.1, -0.05) is 37.6 Å². The van der Waals surface area contributed by atoms with Crippen LogP contribution in [-0.4, -0.2) is 55.4 Å². The third kappa shape index (κ3) is 6.15. The van der Waals surface area contributed by atoms with E-state index in [2.05, 4.69) is 15.5 Å². The van der Waals surface area contributed by atoms with Crippen LogP contribution in [0.15, 0.2) is 54.4 Å². The number of hydrazine groups is 1. The van der Waals surface area contributed by atoms with Gasteiger partial charge in [0, 0.05) is 48.2 Å². The number of allylic oxidation sites excluding steroid dienone is 2. The Kier molecular flexibility index (Phi) is 8.19. The van der Waals surface area contributed by atoms with Gasteiger partial charge in [0.2, 0.25) is 0 Å². The van der Waals surface area contributed by atoms with E-state index in [1.807, 2.05) is 29.3 Å². The first-order valence-electron chi connectivity index (χ1n) is 12.5. The van der Waals surface area contributed by atoms with Gasteiger partial charge in [-0.3, -0.25) is 31.4 Å². The summed E-state index contributed by atoms with van der Waals surface area (Å²) in [5.74, 6) is -0.467. The van der Waals surface area contributed by atoms with Gasteiger partial charge in [0.1, 0.15) is 5.71 Å². The highest BCUT2D eigenvalue weighted by Crippen LogP contribution is 2.16. The van der Waals surface area contributed by atoms with Crippen molar-refractivity contribution in [1.29, 1.82) is 16.2 Å². The van der Waals surface area contributed by atoms with Crippen molar-refractivity contribution in [3.8, 4) is 0 Å². The second kappa shape index (κ2) is 11.7. The molecule has 1 fully saturated rings. The normalized spacial score (nSPS) is 14.5. The zero-order valence-electron chi connectivity index (χ0n) is 20.9. The number of rotatable bonds is 8. The van der Waals surface area contributed by atoms with Gasteiger partial charge in [0.05, 0.1) is 17.0 Å². The number of hydrogen-bond acceptors (Lipinski definition) is 8. The Bertz CT molecular complexity index is 1400. The van der Waals surface area contributed by atoms with Gasteiger partial charge in [-0.25, -0.2) is 5.01 Å². The number of pyridine rings is 1. The average Bonchev–Trinajstić information content (AvgIpc) is 2.93. The number of aromatic nitrogens is 3. The molecule has 2 aromatic heterocycles. The molecule has 4 rings (SSSR count). The van der Waals surface area contributed by atoms with Crippen molar-refractivity contribution in [3.05, 3.63) is 76.9 Å². The summed E-state index contributed by atoms with van der Waals surface area (Å²) in [4.78, 5) is 17.0. The van der Waals surface area contributed by atoms with Crippen LogP contribution in [-0.2, 0) is 12.8 Å². The molecule has 1 aromatic carbocycles. The highest BCUT2D eigenvalue weighted by Gasteiger charge is 2.16. The van der Waals surface area contributed by atoms with Crippen molar-refractivity contribution in [1.82, 2.24) is 25.2 Å². The summed E-state index contributed by atoms with van der Waals surface area (Å²) in [6.45, 7) is 3.48. The molecule has 0 radical (unpaired) electrons. The highest BCUT2D eigenvalue weighted by atomic mass is 16.3. The van der Waals surface area contributed by atoms with E-state index in [-0.39, 0.29) is 28.7 Å². The van der Waals surface area contributed by atoms with Gasteiger partial charge in [0.25, 0.3) is 5.91 Å². The molecule has 3 heterocycles. The summed E-state index contributed by atoms with van der Waals surface area (Å²) in [5, 5.41) is 42.8. The van der Waals surface area contributed by atoms with E-state index >= 15 is 0 Å². The summed E-state index contributed by atoms with van der Waals surface area (Å²) in [6.07, 6.45) is 7.53. The summed E-state index contributed by atoms with van der Waals surface area (Å²) in [7, 11) is 0. The molecule has 0 spiro atoms. The fourth-order valence-corrected chi connectivity index (χ4v) is 4.24. The second-order valence-corrected chi connectivity index (χ2v) is 9.03. The molecule has 0 saturated carbocycles. The van der Waals surface area contributed by atoms with Crippen LogP contribution in [0.1, 0.15) is 54.4 Å². The summed E-state index contributed by atoms with van der Waals surface area (Å²) >= 11 is 0. The molecular weight excluding hydrogens is 468 g/mol. The Morgan fingerprint density at radius 2 is 1.81 bits per heavy atom. The Labute approximate surface area is 215 Å². The number of piperidine rings is 1. The molecule has 1 saturated heterocycles. The summed E-state index contributed by atoms with van der Waals surface area (Å²) in [6, 6.07) is 11.0. The van der Waals surface area contributed by atoms with E-state index in [1.54, 1.807) is 25.3 Å². The molecule has 0 aliphatic carbocycles. The Morgan fingerprint density at radius 3 is 2.49 bits per heavy atom. The zero-order chi connectivity index (χ0) is 26.4. The quantitative estimate of drug-likeness (QED) is 0.182. The first-order valence-corrected chi connectivity index (χ1v) is 12.5. The van der Waals surface area contributed by atoms with Crippen LogP contribution >= 0.6 is 0 Å². The number of aryl methyl sites for hydroxylation is 2. The molecule has 5 N–H and O–H groups in total. The van der Waals surface area contributed by atoms with Crippen molar-refractivity contribution in [3.63, 3.8) is 0 Å². The number of nitrogens with one attached hydrogen (secondary N) is 4. The number of aliphatic hydroxyl groups is 1. The minimum atomic E-state index is -0.292. The van der Waals surface area contributed by atoms with Gasteiger partial charge >= 0.3 is 0 Å². The van der Waals surface area contributed by atoms with E-state index in [1.165, 1.54) is 12.5 Å². The molecule has 1 aliphatic rings. The van der Waals surface area contributed by atoms with Crippen LogP contribution in [0.5, 0.6) is 0 Å². The summed E-state index contributed by atoms with van der Waals surface area (Å²) < 4.78 is 1.13. The predicted molar refractivity (Wildman–Crippen MR) is 142 cm³/mol. The van der Waals surface area contributed by atoms with Gasteiger partial charge in [-0.15, -0.1) is 0 Å². The van der Waals surface area contributed by atoms with Crippen LogP contribution in [0.4, 0.5) is 0 Å². The lowest BCUT2D eigenvalue weighted by Gasteiger charge is -2.26. The Balaban J connectivity index is 1.52. The van der Waals surface area contributed by atoms with Gasteiger partial charge in [0.15, 0.2) is 11.3 Å². The van der Waals surface area contributed by atoms with Crippen molar-refractivity contribution < 1.29 is 9.90 Å². The first-order chi connectivity index (χ1) is 17.9. The monoisotopic (exact) mass is 500 g/mol. The van der Waals surface area contributed by atoms with E-state index in [4.69, 9.17) is 16.2 Å². The molecular formula is C27H32N8O2. The lowest BCUT2D eigenvalue weighted by molar-refractivity contribution is 0.0749. The van der Waals surface area contributed by atoms with Crippen LogP contribution in [0, 0.1) is 16.2 Å². The number of nitrogens with zero attached hydrogens (tertiary/aromatic N) is 4. The maximum Gasteiger partial charge on any atom is 0.267 e. The van der Waals surface area contributed by atoms with Gasteiger partial charge in [-0.2, -0.15) is 9.78 Å². The van der Waals surface area contributed by atoms with Crippen molar-refractivity contribution in [2.45, 2.75) is 45.4 Å². The smallest absolute Gasteiger partial charge is 0.267 e. The maximum absolute atomic E-state index is 12.5. The molecule has 0 atom stereocenters. The molecule has 0 unspecified atom stereocenters. The molecule has 37 heavy (non-hydrogen) atoms. The molecule has 3 aromatic rings. The van der Waals surface area contributed by atoms with Crippen LogP contribution in [0.2, 0.25) is 0 Å². The van der Waals surface area contributed by atoms with Crippen LogP contribution in [0.25, 0.3) is 10.8 Å². The first kappa shape index (κ1) is 25.9. The van der Waals surface area contributed by atoms with E-state index in [0.29, 0.717) is 35.9 Å². The van der Waals surface area contributed by atoms with Crippen LogP contribution in [0.3, 0.4) is 0 Å². The number of aliphatic hydroxyl groups excluding tert-OH is 1. The minimum absolute atomic E-state index is 0.000633. The number of hydrogen-bond donors (Lipinski definition) is 5. The van der Waals surface area contributed by atoms with Crippen molar-refractivity contribution in [2.75, 3.05) is 13.1 Å². The second-order valence-electron chi connectivity index (χ2n) is 9.03. The topological polar surface area (TPSA) is 155 Å². The highest BCUT2D eigenvalue weighted by molar-refractivity contribution is 6.43. The minimum Gasteiger partial charge on any atom is -0.512 e. The fraction of sp³-hybridized carbons (Fsp3) is 0.333. The van der Waals surface area contributed by atoms with Gasteiger partial charge < -0.3 is 5.11 Å². The summed E-state index contributed by atoms with van der Waals surface area (Å²) in [5.41, 5.74) is 4.68. The molecule has 0 bridgehead atoms. The molecule has 192 valence electrons. The van der Waals surface area contributed by atoms with E-state index in [0.717, 1.165) is 41.7 Å². The fourth-order valence-electron chi connectivity index (χ4n) is 4.24. The standard InChI is InChI=1S/C27H32N8O2/c1-2-20(36)16-23(28)26(30)35-25(29)22-9-5-4-8-21(22)24(32-35)13-12-19-11-10-18(17-31-19)27(37)33-34-14-6-3-7-15-34/h4-5,8-11,16-17,28-30,36H,2-3,6-7,12-15H2,1H3,(H,33,37)/b20-16-,28-23?,29-25?,30-26?. The third-order valence-corrected chi connectivity index (χ3v) is 6.39. The number of amides is 1. The SMILES string of the molecule is CC/C(O)=C/C(=N)C(=N)n1nc(CCc2ccc(C(=O)NN3CCCCC3)cn2)c2ccccc2c1=N. The largest absolute Gasteiger partial charge is 0.512 e.